The first-order valence-corrected chi connectivity index (χ1v) is 21.5. The van der Waals surface area contributed by atoms with E-state index in [4.69, 9.17) is 9.72 Å². The molecular formula is C32H34GeN4O5. The zero-order chi connectivity index (χ0) is 29.6. The van der Waals surface area contributed by atoms with E-state index in [1.165, 1.54) is 0 Å². The number of aromatic nitrogens is 2. The Hall–Kier alpha value is -3.96. The molecule has 10 heteroatoms. The minimum absolute atomic E-state index is 0.101. The summed E-state index contributed by atoms with van der Waals surface area (Å²) in [6.45, 7) is 1.92. The molecule has 1 atom stereocenters. The summed E-state index contributed by atoms with van der Waals surface area (Å²) in [6.07, 6.45) is 0.896. The molecule has 0 radical (unpaired) electrons. The van der Waals surface area contributed by atoms with Crippen LogP contribution in [0.5, 0.6) is 0 Å². The SMILES string of the molecule is CC[C@@]1(O)C(=O)OCc2c1cc1n(c2=O)Cc2c-1nc1ccccc1c2C[CH2][Ge]([CH3])([CH3])[CH2]NC(=O)Nc1ccccc1. The fourth-order valence-corrected chi connectivity index (χ4v) is 9.62. The van der Waals surface area contributed by atoms with Gasteiger partial charge in [-0.15, -0.1) is 0 Å². The second-order valence-corrected chi connectivity index (χ2v) is 22.7. The normalized spacial score (nSPS) is 17.3. The summed E-state index contributed by atoms with van der Waals surface area (Å²) in [5.74, 6) is 3.89. The summed E-state index contributed by atoms with van der Waals surface area (Å²) >= 11 is -2.46. The summed E-state index contributed by atoms with van der Waals surface area (Å²) in [6, 6.07) is 18.9. The van der Waals surface area contributed by atoms with Crippen LogP contribution >= 0.6 is 0 Å². The molecule has 2 amide bonds. The van der Waals surface area contributed by atoms with Gasteiger partial charge in [-0.1, -0.05) is 0 Å². The predicted molar refractivity (Wildman–Crippen MR) is 164 cm³/mol. The van der Waals surface area contributed by atoms with Crippen molar-refractivity contribution in [2.24, 2.45) is 0 Å². The van der Waals surface area contributed by atoms with Crippen molar-refractivity contribution >= 4 is 41.9 Å². The van der Waals surface area contributed by atoms with Crippen molar-refractivity contribution in [2.75, 3.05) is 10.7 Å². The molecule has 6 rings (SSSR count). The summed E-state index contributed by atoms with van der Waals surface area (Å²) in [5.41, 5.74) is 3.58. The van der Waals surface area contributed by atoms with E-state index in [0.717, 1.165) is 39.4 Å². The Kier molecular flexibility index (Phi) is 7.18. The molecule has 2 aliphatic heterocycles. The minimum atomic E-state index is -2.46. The van der Waals surface area contributed by atoms with E-state index in [1.54, 1.807) is 17.6 Å². The first-order valence-electron chi connectivity index (χ1n) is 14.3. The van der Waals surface area contributed by atoms with Gasteiger partial charge >= 0.3 is 247 Å². The number of esters is 1. The molecule has 4 aromatic rings. The van der Waals surface area contributed by atoms with Gasteiger partial charge in [-0.2, -0.15) is 0 Å². The van der Waals surface area contributed by atoms with Crippen LogP contribution in [0.2, 0.25) is 16.8 Å². The Bertz CT molecular complexity index is 1790. The number of nitrogens with zero attached hydrogens (tertiary/aromatic N) is 2. The van der Waals surface area contributed by atoms with E-state index >= 15 is 0 Å². The van der Waals surface area contributed by atoms with Crippen molar-refractivity contribution in [3.05, 3.63) is 93.3 Å². The van der Waals surface area contributed by atoms with E-state index in [0.29, 0.717) is 34.4 Å². The van der Waals surface area contributed by atoms with Gasteiger partial charge in [-0.3, -0.25) is 0 Å². The summed E-state index contributed by atoms with van der Waals surface area (Å²) < 4.78 is 6.91. The van der Waals surface area contributed by atoms with Crippen LogP contribution in [0.25, 0.3) is 22.3 Å². The number of pyridine rings is 2. The zero-order valence-corrected chi connectivity index (χ0v) is 26.1. The third kappa shape index (κ3) is 4.90. The van der Waals surface area contributed by atoms with E-state index in [9.17, 15) is 19.5 Å². The predicted octanol–water partition coefficient (Wildman–Crippen LogP) is 4.69. The molecule has 0 saturated carbocycles. The van der Waals surface area contributed by atoms with Crippen LogP contribution in [-0.4, -0.2) is 45.3 Å². The molecule has 2 aromatic heterocycles. The third-order valence-electron chi connectivity index (χ3n) is 8.52. The molecule has 0 bridgehead atoms. The first kappa shape index (κ1) is 28.2. The number of hydrogen-bond donors (Lipinski definition) is 3. The number of carbonyl (C=O) groups excluding carboxylic acids is 2. The van der Waals surface area contributed by atoms with Crippen molar-refractivity contribution < 1.29 is 19.4 Å². The molecule has 0 fully saturated rings. The number of urea groups is 1. The van der Waals surface area contributed by atoms with Gasteiger partial charge in [-0.25, -0.2) is 0 Å². The maximum atomic E-state index is 13.7. The van der Waals surface area contributed by atoms with E-state index < -0.39 is 24.8 Å². The molecule has 0 saturated heterocycles. The van der Waals surface area contributed by atoms with Gasteiger partial charge in [0.1, 0.15) is 0 Å². The molecule has 42 heavy (non-hydrogen) atoms. The van der Waals surface area contributed by atoms with Gasteiger partial charge in [0.15, 0.2) is 0 Å². The van der Waals surface area contributed by atoms with Gasteiger partial charge in [-0.05, 0) is 0 Å². The Morgan fingerprint density at radius 2 is 1.83 bits per heavy atom. The van der Waals surface area contributed by atoms with Crippen molar-refractivity contribution in [3.8, 4) is 11.4 Å². The van der Waals surface area contributed by atoms with Crippen LogP contribution < -0.4 is 16.2 Å². The Morgan fingerprint density at radius 1 is 1.10 bits per heavy atom. The molecular weight excluding hydrogens is 593 g/mol. The third-order valence-corrected chi connectivity index (χ3v) is 14.3. The van der Waals surface area contributed by atoms with Gasteiger partial charge in [0, 0.05) is 0 Å². The number of cyclic esters (lactones) is 1. The van der Waals surface area contributed by atoms with Crippen LogP contribution in [-0.2, 0) is 34.7 Å². The van der Waals surface area contributed by atoms with E-state index in [-0.39, 0.29) is 24.6 Å². The van der Waals surface area contributed by atoms with Gasteiger partial charge < -0.3 is 0 Å². The number of nitrogens with one attached hydrogen (secondary N) is 2. The van der Waals surface area contributed by atoms with Crippen molar-refractivity contribution in [3.63, 3.8) is 0 Å². The number of aliphatic hydroxyl groups is 1. The Morgan fingerprint density at radius 3 is 2.60 bits per heavy atom. The number of amides is 2. The number of para-hydroxylation sites is 2. The fraction of sp³-hybridized carbons (Fsp3) is 0.312. The van der Waals surface area contributed by atoms with Crippen LogP contribution in [0.4, 0.5) is 10.5 Å². The second kappa shape index (κ2) is 10.7. The Balaban J connectivity index is 1.31. The van der Waals surface area contributed by atoms with Crippen molar-refractivity contribution in [1.29, 1.82) is 0 Å². The molecule has 3 N–H and O–H groups in total. The molecule has 2 aromatic carbocycles. The second-order valence-electron chi connectivity index (χ2n) is 11.9. The topological polar surface area (TPSA) is 123 Å². The molecule has 9 nitrogen and oxygen atoms in total. The summed E-state index contributed by atoms with van der Waals surface area (Å²) in [4.78, 5) is 43.7. The van der Waals surface area contributed by atoms with Gasteiger partial charge in [0.2, 0.25) is 0 Å². The zero-order valence-electron chi connectivity index (χ0n) is 24.0. The monoisotopic (exact) mass is 628 g/mol. The molecule has 216 valence electrons. The standard InChI is InChI=1S/C32H34GeN4O5/c1-4-32(41)25-16-27-28-23(17-37(27)29(38)24(25)18-42-30(32)39)21(22-12-8-9-13-26(22)36-28)14-15-33(2,3)19-34-31(40)35-20-10-6-5-7-11-20/h5-13,16,41H,4,14-15,17-19H2,1-3H3,(H2,34,35,40)/t32-/m0/s1. The fourth-order valence-electron chi connectivity index (χ4n) is 5.97. The van der Waals surface area contributed by atoms with E-state index in [2.05, 4.69) is 28.2 Å². The van der Waals surface area contributed by atoms with E-state index in [1.807, 2.05) is 48.5 Å². The summed E-state index contributed by atoms with van der Waals surface area (Å²) in [7, 11) is 0. The van der Waals surface area contributed by atoms with Crippen molar-refractivity contribution in [2.45, 2.75) is 55.3 Å². The first-order chi connectivity index (χ1) is 20.1. The molecule has 0 spiro atoms. The number of rotatable bonds is 7. The number of anilines is 1. The van der Waals surface area contributed by atoms with Gasteiger partial charge in [0.25, 0.3) is 0 Å². The summed E-state index contributed by atoms with van der Waals surface area (Å²) in [5, 5.41) is 19.9. The van der Waals surface area contributed by atoms with Crippen LogP contribution in [0, 0.1) is 0 Å². The molecule has 0 aliphatic carbocycles. The molecule has 4 heterocycles. The molecule has 0 unspecified atom stereocenters. The average molecular weight is 627 g/mol. The number of benzene rings is 2. The number of aryl methyl sites for hydroxylation is 1. The van der Waals surface area contributed by atoms with Crippen molar-refractivity contribution in [1.82, 2.24) is 14.9 Å². The quantitative estimate of drug-likeness (QED) is 0.178. The van der Waals surface area contributed by atoms with Crippen LogP contribution in [0.15, 0.2) is 65.5 Å². The number of carbonyl (C=O) groups is 2. The Labute approximate surface area is 246 Å². The number of ether oxygens (including phenoxy) is 1. The maximum absolute atomic E-state index is 13.7. The number of hydrogen-bond acceptors (Lipinski definition) is 6. The molecule has 2 aliphatic rings. The van der Waals surface area contributed by atoms with Gasteiger partial charge in [0.05, 0.1) is 0 Å². The number of fused-ring (bicyclic) bond motifs is 5. The van der Waals surface area contributed by atoms with Crippen LogP contribution in [0.1, 0.15) is 35.6 Å². The van der Waals surface area contributed by atoms with Crippen LogP contribution in [0.3, 0.4) is 0 Å². The average Bonchev–Trinajstić information content (AvgIpc) is 3.35.